The highest BCUT2D eigenvalue weighted by Crippen LogP contribution is 2.23. The van der Waals surface area contributed by atoms with Crippen LogP contribution in [0.15, 0.2) is 30.3 Å². The molecular formula is C74H129N17O15. The van der Waals surface area contributed by atoms with E-state index in [0.29, 0.717) is 44.9 Å². The van der Waals surface area contributed by atoms with E-state index in [2.05, 4.69) is 58.5 Å². The van der Waals surface area contributed by atoms with E-state index in [9.17, 15) is 72.2 Å². The number of rotatable bonds is 52. The summed E-state index contributed by atoms with van der Waals surface area (Å²) in [5, 5.41) is 39.3. The number of hydrogen-bond donors (Lipinski definition) is 17. The average molecular weight is 1500 g/mol. The maximum absolute atomic E-state index is 14.7. The monoisotopic (exact) mass is 1500 g/mol. The lowest BCUT2D eigenvalue weighted by Crippen LogP contribution is -2.61. The van der Waals surface area contributed by atoms with Gasteiger partial charge in [-0.2, -0.15) is 0 Å². The number of nitrogens with two attached hydrogens (primary N) is 5. The third-order valence-electron chi connectivity index (χ3n) is 17.9. The summed E-state index contributed by atoms with van der Waals surface area (Å²) in [4.78, 5) is 195. The zero-order valence-electron chi connectivity index (χ0n) is 64.7. The molecule has 0 bridgehead atoms. The first-order valence-corrected chi connectivity index (χ1v) is 37.9. The van der Waals surface area contributed by atoms with E-state index in [-0.39, 0.29) is 120 Å². The third kappa shape index (κ3) is 35.8. The van der Waals surface area contributed by atoms with Crippen LogP contribution < -0.4 is 87.2 Å². The summed E-state index contributed by atoms with van der Waals surface area (Å²) < 4.78 is 0. The molecule has 600 valence electrons. The summed E-state index contributed by atoms with van der Waals surface area (Å²) in [6.45, 7) is 21.8. The van der Waals surface area contributed by atoms with Crippen molar-refractivity contribution in [2.45, 2.75) is 278 Å². The predicted molar refractivity (Wildman–Crippen MR) is 402 cm³/mol. The number of benzene rings is 1. The first-order chi connectivity index (χ1) is 49.9. The van der Waals surface area contributed by atoms with Gasteiger partial charge in [-0.15, -0.1) is 0 Å². The molecule has 0 unspecified atom stereocenters. The van der Waals surface area contributed by atoms with Crippen molar-refractivity contribution in [1.82, 2.24) is 63.4 Å². The largest absolute Gasteiger partial charge is 0.481 e. The van der Waals surface area contributed by atoms with Gasteiger partial charge in [0, 0.05) is 13.0 Å². The van der Waals surface area contributed by atoms with Gasteiger partial charge in [0.05, 0.1) is 12.6 Å². The van der Waals surface area contributed by atoms with Gasteiger partial charge in [-0.25, -0.2) is 0 Å². The Balaban J connectivity index is 2.42. The molecule has 1 heterocycles. The minimum Gasteiger partial charge on any atom is -0.481 e. The Morgan fingerprint density at radius 2 is 0.821 bits per heavy atom. The molecule has 1 aromatic rings. The van der Waals surface area contributed by atoms with E-state index >= 15 is 0 Å². The zero-order valence-corrected chi connectivity index (χ0v) is 64.7. The van der Waals surface area contributed by atoms with Crippen molar-refractivity contribution in [1.29, 1.82) is 0 Å². The Bertz CT molecular complexity index is 2990. The molecule has 1 aliphatic rings. The van der Waals surface area contributed by atoms with E-state index in [4.69, 9.17) is 28.7 Å². The highest BCUT2D eigenvalue weighted by Gasteiger charge is 2.41. The smallest absolute Gasteiger partial charge is 0.303 e. The van der Waals surface area contributed by atoms with Crippen LogP contribution >= 0.6 is 0 Å². The van der Waals surface area contributed by atoms with E-state index < -0.39 is 181 Å². The predicted octanol–water partition coefficient (Wildman–Crippen LogP) is 0.135. The fourth-order valence-corrected chi connectivity index (χ4v) is 12.3. The Hall–Kier alpha value is -8.36. The lowest BCUT2D eigenvalue weighted by atomic mass is 9.98. The van der Waals surface area contributed by atoms with Crippen LogP contribution in [0.5, 0.6) is 0 Å². The van der Waals surface area contributed by atoms with Crippen molar-refractivity contribution in [3.63, 3.8) is 0 Å². The molecule has 1 aromatic carbocycles. The van der Waals surface area contributed by atoms with Crippen LogP contribution in [0.4, 0.5) is 0 Å². The van der Waals surface area contributed by atoms with Crippen LogP contribution in [0.25, 0.3) is 0 Å². The van der Waals surface area contributed by atoms with Gasteiger partial charge in [0.15, 0.2) is 0 Å². The maximum Gasteiger partial charge on any atom is 0.303 e. The molecule has 1 aliphatic heterocycles. The van der Waals surface area contributed by atoms with Crippen molar-refractivity contribution < 1.29 is 72.2 Å². The van der Waals surface area contributed by atoms with Gasteiger partial charge < -0.3 is 97.2 Å². The molecule has 2 rings (SSSR count). The SMILES string of the molecule is CC(C)C[C@H](NC(=O)[C@H](CC(C)C)NC(=O)CNC(=O)[C@H](CCC(=O)O)NC(=O)[C@H](CC(C)C)NC(=O)[C@H](CC(C)C)NC(=O)[C@H](CCCCN)NC(=O)[C@H](CCCCN)NC(=O)[C@@H](NC(=O)[C@H](CCCCN)NC(=O)[C@@H]1CCCN1C(=O)[C@H](CC(C)C)NC(=O)[C@@H](N)Cc1ccccc1)C(C)C)C(N)=O. The van der Waals surface area contributed by atoms with Crippen molar-refractivity contribution >= 4 is 82.8 Å². The summed E-state index contributed by atoms with van der Waals surface area (Å²) in [7, 11) is 0. The molecule has 12 atom stereocenters. The number of unbranched alkanes of at least 4 members (excludes halogenated alkanes) is 3. The molecule has 1 fully saturated rings. The Labute approximate surface area is 626 Å². The molecule has 32 heteroatoms. The molecule has 0 spiro atoms. The number of carboxylic acid groups (broad SMARTS) is 1. The second-order valence-electron chi connectivity index (χ2n) is 30.4. The number of amides is 13. The number of carbonyl (C=O) groups excluding carboxylic acids is 13. The number of carboxylic acids is 1. The second kappa shape index (κ2) is 49.5. The fraction of sp³-hybridized carbons (Fsp3) is 0.730. The summed E-state index contributed by atoms with van der Waals surface area (Å²) in [5.74, 6) is -12.2. The number of nitrogens with zero attached hydrogens (tertiary/aromatic N) is 1. The molecule has 0 aromatic heterocycles. The molecule has 13 amide bonds. The molecule has 22 N–H and O–H groups in total. The number of hydrogen-bond acceptors (Lipinski definition) is 18. The summed E-state index contributed by atoms with van der Waals surface area (Å²) in [6, 6.07) is -5.27. The number of aliphatic carboxylic acids is 1. The van der Waals surface area contributed by atoms with Crippen LogP contribution in [0, 0.1) is 35.5 Å². The van der Waals surface area contributed by atoms with Crippen LogP contribution in [0.3, 0.4) is 0 Å². The molecule has 0 aliphatic carbocycles. The third-order valence-corrected chi connectivity index (χ3v) is 17.9. The normalized spacial score (nSPS) is 16.1. The summed E-state index contributed by atoms with van der Waals surface area (Å²) >= 11 is 0. The van der Waals surface area contributed by atoms with E-state index in [0.717, 1.165) is 5.56 Å². The highest BCUT2D eigenvalue weighted by molar-refractivity contribution is 6.00. The number of primary amides is 1. The minimum atomic E-state index is -1.55. The highest BCUT2D eigenvalue weighted by atomic mass is 16.4. The lowest BCUT2D eigenvalue weighted by molar-refractivity contribution is -0.142. The zero-order chi connectivity index (χ0) is 79.9. The first kappa shape index (κ1) is 93.7. The van der Waals surface area contributed by atoms with E-state index in [1.54, 1.807) is 41.5 Å². The summed E-state index contributed by atoms with van der Waals surface area (Å²) in [5.41, 5.74) is 30.3. The Kier molecular flexibility index (Phi) is 43.8. The molecular weight excluding hydrogens is 1370 g/mol. The van der Waals surface area contributed by atoms with Crippen molar-refractivity contribution in [2.75, 3.05) is 32.7 Å². The van der Waals surface area contributed by atoms with Gasteiger partial charge in [0.25, 0.3) is 0 Å². The van der Waals surface area contributed by atoms with E-state index in [1.807, 2.05) is 71.9 Å². The van der Waals surface area contributed by atoms with Gasteiger partial charge in [-0.1, -0.05) is 113 Å². The first-order valence-electron chi connectivity index (χ1n) is 37.9. The van der Waals surface area contributed by atoms with Crippen LogP contribution in [0.1, 0.15) is 204 Å². The van der Waals surface area contributed by atoms with Crippen molar-refractivity contribution in [3.05, 3.63) is 35.9 Å². The number of carbonyl (C=O) groups is 14. The Morgan fingerprint density at radius 3 is 1.25 bits per heavy atom. The standard InChI is InChI=1S/C74H129N17O15/c1-42(2)35-54(63(79)95)86-69(101)55(36-43(3)4)81-60(92)41-80-65(97)53(29-30-61(93)94)83-70(102)56(37-44(5)6)88-71(103)57(38-45(7)8)87-67(99)50(25-16-19-31-75)82-66(98)51(26-17-20-32-76)85-73(105)62(47(11)12)90-68(100)52(27-18-21-33-77)84-72(104)59-28-22-34-91(59)74(106)58(39-46(9)10)89-64(96)49(78)40-48-23-14-13-15-24-48/h13-15,23-24,42-47,49-59,62H,16-22,25-41,75-78H2,1-12H3,(H2,79,95)(H,80,97)(H,81,92)(H,82,98)(H,83,102)(H,84,104)(H,85,105)(H,86,101)(H,87,99)(H,88,103)(H,89,96)(H,90,100)(H,93,94)/t49-,50-,51-,52-,53-,54-,55-,56-,57-,58-,59-,62-/m0/s1. The van der Waals surface area contributed by atoms with Gasteiger partial charge in [-0.05, 0) is 176 Å². The molecule has 0 saturated carbocycles. The molecule has 32 nitrogen and oxygen atoms in total. The minimum absolute atomic E-state index is 0.00685. The molecule has 106 heavy (non-hydrogen) atoms. The van der Waals surface area contributed by atoms with Crippen LogP contribution in [-0.2, 0) is 73.5 Å². The van der Waals surface area contributed by atoms with E-state index in [1.165, 1.54) is 4.90 Å². The van der Waals surface area contributed by atoms with Gasteiger partial charge >= 0.3 is 5.97 Å². The maximum atomic E-state index is 14.7. The quantitative estimate of drug-likeness (QED) is 0.0386. The van der Waals surface area contributed by atoms with Crippen molar-refractivity contribution in [2.24, 2.45) is 64.2 Å². The van der Waals surface area contributed by atoms with Crippen LogP contribution in [-0.4, -0.2) is 198 Å². The molecule has 0 radical (unpaired) electrons. The number of likely N-dealkylation sites (tertiary alicyclic amines) is 1. The molecule has 1 saturated heterocycles. The second-order valence-corrected chi connectivity index (χ2v) is 30.4. The van der Waals surface area contributed by atoms with Gasteiger partial charge in [0.2, 0.25) is 76.8 Å². The topological polar surface area (TPSA) is 525 Å². The Morgan fingerprint density at radius 1 is 0.443 bits per heavy atom. The van der Waals surface area contributed by atoms with Gasteiger partial charge in [-0.3, -0.25) is 67.1 Å². The fourth-order valence-electron chi connectivity index (χ4n) is 12.3. The summed E-state index contributed by atoms with van der Waals surface area (Å²) in [6.07, 6.45) is 3.16. The van der Waals surface area contributed by atoms with Gasteiger partial charge in [0.1, 0.15) is 66.5 Å². The lowest BCUT2D eigenvalue weighted by Gasteiger charge is -2.31. The number of nitrogens with one attached hydrogen (secondary N) is 11. The average Bonchev–Trinajstić information content (AvgIpc) is 1.64. The van der Waals surface area contributed by atoms with Crippen molar-refractivity contribution in [3.8, 4) is 0 Å². The van der Waals surface area contributed by atoms with Crippen LogP contribution in [0.2, 0.25) is 0 Å².